The van der Waals surface area contributed by atoms with Crippen LogP contribution in [0.15, 0.2) is 42.6 Å². The van der Waals surface area contributed by atoms with Gasteiger partial charge in [-0.15, -0.1) is 0 Å². The van der Waals surface area contributed by atoms with Crippen molar-refractivity contribution in [3.63, 3.8) is 0 Å². The molecular formula is C13H15N3O. The number of phenols is 1. The average molecular weight is 229 g/mol. The highest BCUT2D eigenvalue weighted by molar-refractivity contribution is 5.55. The zero-order valence-electron chi connectivity index (χ0n) is 9.43. The summed E-state index contributed by atoms with van der Waals surface area (Å²) in [7, 11) is 0. The molecule has 17 heavy (non-hydrogen) atoms. The van der Waals surface area contributed by atoms with Crippen LogP contribution in [-0.2, 0) is 13.1 Å². The number of aromatic nitrogens is 1. The van der Waals surface area contributed by atoms with Gasteiger partial charge in [0.1, 0.15) is 5.75 Å². The fourth-order valence-corrected chi connectivity index (χ4v) is 1.49. The van der Waals surface area contributed by atoms with E-state index >= 15 is 0 Å². The number of anilines is 1. The number of aromatic hydroxyl groups is 1. The number of nitrogens with two attached hydrogens (primary N) is 1. The van der Waals surface area contributed by atoms with E-state index in [1.807, 2.05) is 24.3 Å². The Morgan fingerprint density at radius 2 is 2.00 bits per heavy atom. The first kappa shape index (κ1) is 11.4. The fraction of sp³-hybridized carbons (Fsp3) is 0.154. The molecule has 2 aromatic rings. The summed E-state index contributed by atoms with van der Waals surface area (Å²) in [5.74, 6) is 0.242. The summed E-state index contributed by atoms with van der Waals surface area (Å²) in [6, 6.07) is 11.0. The van der Waals surface area contributed by atoms with Gasteiger partial charge in [-0.1, -0.05) is 18.2 Å². The van der Waals surface area contributed by atoms with E-state index in [0.29, 0.717) is 18.8 Å². The zero-order chi connectivity index (χ0) is 12.1. The minimum absolute atomic E-state index is 0.242. The van der Waals surface area contributed by atoms with Gasteiger partial charge in [-0.3, -0.25) is 4.98 Å². The van der Waals surface area contributed by atoms with Crippen LogP contribution in [0.25, 0.3) is 0 Å². The molecule has 4 nitrogen and oxygen atoms in total. The van der Waals surface area contributed by atoms with E-state index in [1.165, 1.54) is 0 Å². The molecule has 2 rings (SSSR count). The molecule has 0 fully saturated rings. The minimum atomic E-state index is 0.242. The Hall–Kier alpha value is -2.07. The standard InChI is InChI=1S/C13H15N3O/c14-7-10-5-6-11(15-8-10)9-16-12-3-1-2-4-13(12)17/h1-6,8,16-17H,7,9,14H2. The van der Waals surface area contributed by atoms with Crippen molar-refractivity contribution in [1.82, 2.24) is 4.98 Å². The quantitative estimate of drug-likeness (QED) is 0.700. The lowest BCUT2D eigenvalue weighted by atomic mass is 10.2. The summed E-state index contributed by atoms with van der Waals surface area (Å²) in [6.45, 7) is 1.07. The molecule has 0 spiro atoms. The van der Waals surface area contributed by atoms with Crippen molar-refractivity contribution < 1.29 is 5.11 Å². The van der Waals surface area contributed by atoms with Crippen molar-refractivity contribution in [2.75, 3.05) is 5.32 Å². The predicted molar refractivity (Wildman–Crippen MR) is 67.6 cm³/mol. The number of para-hydroxylation sites is 2. The highest BCUT2D eigenvalue weighted by atomic mass is 16.3. The molecule has 4 N–H and O–H groups in total. The molecule has 0 radical (unpaired) electrons. The van der Waals surface area contributed by atoms with E-state index in [-0.39, 0.29) is 5.75 Å². The molecule has 0 aliphatic rings. The molecule has 0 aliphatic heterocycles. The van der Waals surface area contributed by atoms with E-state index < -0.39 is 0 Å². The van der Waals surface area contributed by atoms with Crippen LogP contribution in [-0.4, -0.2) is 10.1 Å². The Morgan fingerprint density at radius 1 is 1.18 bits per heavy atom. The second kappa shape index (κ2) is 5.32. The van der Waals surface area contributed by atoms with E-state index in [4.69, 9.17) is 5.73 Å². The Balaban J connectivity index is 2.00. The van der Waals surface area contributed by atoms with E-state index in [0.717, 1.165) is 11.3 Å². The van der Waals surface area contributed by atoms with E-state index in [2.05, 4.69) is 10.3 Å². The number of rotatable bonds is 4. The molecule has 1 heterocycles. The lowest BCUT2D eigenvalue weighted by molar-refractivity contribution is 0.477. The maximum absolute atomic E-state index is 9.57. The smallest absolute Gasteiger partial charge is 0.138 e. The molecule has 0 saturated carbocycles. The van der Waals surface area contributed by atoms with Crippen LogP contribution >= 0.6 is 0 Å². The van der Waals surface area contributed by atoms with Crippen LogP contribution < -0.4 is 11.1 Å². The first-order valence-electron chi connectivity index (χ1n) is 5.45. The minimum Gasteiger partial charge on any atom is -0.506 e. The number of phenolic OH excluding ortho intramolecular Hbond substituents is 1. The normalized spacial score (nSPS) is 10.2. The van der Waals surface area contributed by atoms with Crippen molar-refractivity contribution in [3.05, 3.63) is 53.9 Å². The summed E-state index contributed by atoms with van der Waals surface area (Å²) < 4.78 is 0. The predicted octanol–water partition coefficient (Wildman–Crippen LogP) is 1.86. The lowest BCUT2D eigenvalue weighted by Gasteiger charge is -2.07. The first-order valence-corrected chi connectivity index (χ1v) is 5.45. The van der Waals surface area contributed by atoms with Crippen LogP contribution in [0, 0.1) is 0 Å². The highest BCUT2D eigenvalue weighted by Crippen LogP contribution is 2.21. The van der Waals surface area contributed by atoms with Gasteiger partial charge in [0.2, 0.25) is 0 Å². The largest absolute Gasteiger partial charge is 0.506 e. The molecule has 0 saturated heterocycles. The SMILES string of the molecule is NCc1ccc(CNc2ccccc2O)nc1. The number of hydrogen-bond acceptors (Lipinski definition) is 4. The first-order chi connectivity index (χ1) is 8.29. The van der Waals surface area contributed by atoms with Gasteiger partial charge < -0.3 is 16.2 Å². The topological polar surface area (TPSA) is 71.2 Å². The zero-order valence-corrected chi connectivity index (χ0v) is 9.43. The molecule has 0 amide bonds. The van der Waals surface area contributed by atoms with E-state index in [1.54, 1.807) is 18.3 Å². The van der Waals surface area contributed by atoms with Crippen LogP contribution in [0.5, 0.6) is 5.75 Å². The molecule has 0 aliphatic carbocycles. The van der Waals surface area contributed by atoms with Gasteiger partial charge in [0.25, 0.3) is 0 Å². The third-order valence-corrected chi connectivity index (χ3v) is 2.49. The summed E-state index contributed by atoms with van der Waals surface area (Å²) in [5, 5.41) is 12.7. The summed E-state index contributed by atoms with van der Waals surface area (Å²) in [5.41, 5.74) is 8.12. The van der Waals surface area contributed by atoms with Crippen LogP contribution in [0.4, 0.5) is 5.69 Å². The second-order valence-electron chi connectivity index (χ2n) is 3.73. The summed E-state index contributed by atoms with van der Waals surface area (Å²) in [6.07, 6.45) is 1.77. The van der Waals surface area contributed by atoms with Crippen LogP contribution in [0.3, 0.4) is 0 Å². The second-order valence-corrected chi connectivity index (χ2v) is 3.73. The van der Waals surface area contributed by atoms with Gasteiger partial charge in [-0.25, -0.2) is 0 Å². The highest BCUT2D eigenvalue weighted by Gasteiger charge is 1.99. The number of pyridine rings is 1. The van der Waals surface area contributed by atoms with Gasteiger partial charge in [0.05, 0.1) is 17.9 Å². The van der Waals surface area contributed by atoms with Gasteiger partial charge >= 0.3 is 0 Å². The molecule has 4 heteroatoms. The molecular weight excluding hydrogens is 214 g/mol. The molecule has 0 bridgehead atoms. The Kier molecular flexibility index (Phi) is 3.57. The van der Waals surface area contributed by atoms with Gasteiger partial charge in [-0.05, 0) is 23.8 Å². The molecule has 88 valence electrons. The summed E-state index contributed by atoms with van der Waals surface area (Å²) >= 11 is 0. The number of nitrogens with one attached hydrogen (secondary N) is 1. The maximum atomic E-state index is 9.57. The number of nitrogens with zero attached hydrogens (tertiary/aromatic N) is 1. The van der Waals surface area contributed by atoms with Crippen LogP contribution in [0.2, 0.25) is 0 Å². The average Bonchev–Trinajstić information content (AvgIpc) is 2.38. The van der Waals surface area contributed by atoms with Gasteiger partial charge in [0.15, 0.2) is 0 Å². The molecule has 0 atom stereocenters. The molecule has 1 aromatic heterocycles. The third-order valence-electron chi connectivity index (χ3n) is 2.49. The Bertz CT molecular complexity index is 482. The Morgan fingerprint density at radius 3 is 2.65 bits per heavy atom. The van der Waals surface area contributed by atoms with Crippen molar-refractivity contribution in [3.8, 4) is 5.75 Å². The van der Waals surface area contributed by atoms with Crippen molar-refractivity contribution in [2.24, 2.45) is 5.73 Å². The maximum Gasteiger partial charge on any atom is 0.138 e. The third kappa shape index (κ3) is 2.95. The van der Waals surface area contributed by atoms with Crippen molar-refractivity contribution in [2.45, 2.75) is 13.1 Å². The molecule has 0 unspecified atom stereocenters. The van der Waals surface area contributed by atoms with Gasteiger partial charge in [-0.2, -0.15) is 0 Å². The fourth-order valence-electron chi connectivity index (χ4n) is 1.49. The van der Waals surface area contributed by atoms with E-state index in [9.17, 15) is 5.11 Å². The van der Waals surface area contributed by atoms with Crippen LogP contribution in [0.1, 0.15) is 11.3 Å². The number of hydrogen-bond donors (Lipinski definition) is 3. The summed E-state index contributed by atoms with van der Waals surface area (Å²) in [4.78, 5) is 4.27. The van der Waals surface area contributed by atoms with Crippen molar-refractivity contribution in [1.29, 1.82) is 0 Å². The lowest BCUT2D eigenvalue weighted by Crippen LogP contribution is -2.03. The Labute approximate surface area is 100 Å². The van der Waals surface area contributed by atoms with Crippen molar-refractivity contribution >= 4 is 5.69 Å². The monoisotopic (exact) mass is 229 g/mol. The van der Waals surface area contributed by atoms with Gasteiger partial charge in [0, 0.05) is 12.7 Å². The molecule has 1 aromatic carbocycles. The number of benzene rings is 1.